The van der Waals surface area contributed by atoms with E-state index in [4.69, 9.17) is 0 Å². The SMILES string of the molecule is O=C1CCCN(CC2CNC(=O)C2)C1. The maximum Gasteiger partial charge on any atom is 0.220 e. The molecule has 2 aliphatic heterocycles. The van der Waals surface area contributed by atoms with Crippen molar-refractivity contribution in [3.05, 3.63) is 0 Å². The highest BCUT2D eigenvalue weighted by Gasteiger charge is 2.25. The van der Waals surface area contributed by atoms with Crippen LogP contribution in [0.25, 0.3) is 0 Å². The Balaban J connectivity index is 1.79. The van der Waals surface area contributed by atoms with Crippen molar-refractivity contribution in [3.8, 4) is 0 Å². The van der Waals surface area contributed by atoms with Crippen LogP contribution in [-0.2, 0) is 9.59 Å². The molecular weight excluding hydrogens is 180 g/mol. The minimum Gasteiger partial charge on any atom is -0.356 e. The van der Waals surface area contributed by atoms with Gasteiger partial charge in [-0.2, -0.15) is 0 Å². The lowest BCUT2D eigenvalue weighted by Gasteiger charge is -2.27. The highest BCUT2D eigenvalue weighted by atomic mass is 16.2. The van der Waals surface area contributed by atoms with E-state index in [1.165, 1.54) is 0 Å². The Bertz CT molecular complexity index is 253. The summed E-state index contributed by atoms with van der Waals surface area (Å²) in [4.78, 5) is 24.3. The highest BCUT2D eigenvalue weighted by molar-refractivity contribution is 5.81. The third-order valence-corrected chi connectivity index (χ3v) is 2.91. The molecule has 2 heterocycles. The average molecular weight is 196 g/mol. The number of nitrogens with zero attached hydrogens (tertiary/aromatic N) is 1. The minimum absolute atomic E-state index is 0.151. The number of likely N-dealkylation sites (tertiary alicyclic amines) is 1. The molecule has 0 spiro atoms. The molecule has 0 aliphatic carbocycles. The van der Waals surface area contributed by atoms with Crippen LogP contribution in [0.4, 0.5) is 0 Å². The molecule has 0 bridgehead atoms. The van der Waals surface area contributed by atoms with Crippen LogP contribution in [0, 0.1) is 5.92 Å². The third-order valence-electron chi connectivity index (χ3n) is 2.91. The van der Waals surface area contributed by atoms with E-state index in [1.807, 2.05) is 0 Å². The van der Waals surface area contributed by atoms with Gasteiger partial charge in [0.25, 0.3) is 0 Å². The molecular formula is C10H16N2O2. The van der Waals surface area contributed by atoms with Gasteiger partial charge in [0.1, 0.15) is 5.78 Å². The number of ketones is 1. The first-order valence-electron chi connectivity index (χ1n) is 5.25. The summed E-state index contributed by atoms with van der Waals surface area (Å²) in [6.45, 7) is 3.27. The maximum atomic E-state index is 11.2. The second-order valence-corrected chi connectivity index (χ2v) is 4.25. The summed E-state index contributed by atoms with van der Waals surface area (Å²) < 4.78 is 0. The first kappa shape index (κ1) is 9.65. The predicted molar refractivity (Wildman–Crippen MR) is 51.8 cm³/mol. The molecule has 2 fully saturated rings. The zero-order valence-electron chi connectivity index (χ0n) is 8.29. The van der Waals surface area contributed by atoms with E-state index in [-0.39, 0.29) is 5.91 Å². The van der Waals surface area contributed by atoms with Crippen molar-refractivity contribution in [1.82, 2.24) is 10.2 Å². The number of rotatable bonds is 2. The van der Waals surface area contributed by atoms with E-state index in [9.17, 15) is 9.59 Å². The highest BCUT2D eigenvalue weighted by Crippen LogP contribution is 2.13. The standard InChI is InChI=1S/C10H16N2O2/c13-9-2-1-3-12(7-9)6-8-4-10(14)11-5-8/h8H,1-7H2,(H,11,14). The van der Waals surface area contributed by atoms with Crippen molar-refractivity contribution in [1.29, 1.82) is 0 Å². The molecule has 2 saturated heterocycles. The van der Waals surface area contributed by atoms with Gasteiger partial charge in [0.05, 0.1) is 6.54 Å². The van der Waals surface area contributed by atoms with Crippen molar-refractivity contribution in [2.75, 3.05) is 26.2 Å². The van der Waals surface area contributed by atoms with Crippen LogP contribution in [0.3, 0.4) is 0 Å². The fourth-order valence-corrected chi connectivity index (χ4v) is 2.22. The second kappa shape index (κ2) is 4.09. The van der Waals surface area contributed by atoms with E-state index in [1.54, 1.807) is 0 Å². The number of amides is 1. The summed E-state index contributed by atoms with van der Waals surface area (Å²) in [5, 5.41) is 2.82. The molecule has 0 aromatic carbocycles. The van der Waals surface area contributed by atoms with E-state index in [0.717, 1.165) is 32.5 Å². The van der Waals surface area contributed by atoms with Crippen molar-refractivity contribution in [2.45, 2.75) is 19.3 Å². The normalized spacial score (nSPS) is 29.3. The van der Waals surface area contributed by atoms with Gasteiger partial charge in [-0.3, -0.25) is 14.5 Å². The molecule has 2 aliphatic rings. The Morgan fingerprint density at radius 2 is 2.29 bits per heavy atom. The number of nitrogens with one attached hydrogen (secondary N) is 1. The van der Waals surface area contributed by atoms with Gasteiger partial charge in [0.15, 0.2) is 0 Å². The maximum absolute atomic E-state index is 11.2. The smallest absolute Gasteiger partial charge is 0.220 e. The molecule has 78 valence electrons. The van der Waals surface area contributed by atoms with E-state index in [0.29, 0.717) is 24.7 Å². The van der Waals surface area contributed by atoms with Gasteiger partial charge < -0.3 is 5.32 Å². The summed E-state index contributed by atoms with van der Waals surface area (Å²) in [5.74, 6) is 0.903. The Morgan fingerprint density at radius 1 is 1.43 bits per heavy atom. The molecule has 0 saturated carbocycles. The summed E-state index contributed by atoms with van der Waals surface area (Å²) in [5.41, 5.74) is 0. The number of Topliss-reactive ketones (excluding diaryl/α,β-unsaturated/α-hetero) is 1. The van der Waals surface area contributed by atoms with Crippen LogP contribution in [-0.4, -0.2) is 42.8 Å². The Morgan fingerprint density at radius 3 is 2.93 bits per heavy atom. The molecule has 0 aromatic rings. The van der Waals surface area contributed by atoms with E-state index >= 15 is 0 Å². The summed E-state index contributed by atoms with van der Waals surface area (Å²) >= 11 is 0. The molecule has 2 rings (SSSR count). The van der Waals surface area contributed by atoms with Gasteiger partial charge >= 0.3 is 0 Å². The quantitative estimate of drug-likeness (QED) is 0.664. The van der Waals surface area contributed by atoms with Crippen molar-refractivity contribution < 1.29 is 9.59 Å². The first-order valence-corrected chi connectivity index (χ1v) is 5.25. The topological polar surface area (TPSA) is 49.4 Å². The monoisotopic (exact) mass is 196 g/mol. The van der Waals surface area contributed by atoms with Crippen LogP contribution in [0.1, 0.15) is 19.3 Å². The summed E-state index contributed by atoms with van der Waals surface area (Å²) in [6.07, 6.45) is 2.34. The van der Waals surface area contributed by atoms with Crippen LogP contribution in [0.2, 0.25) is 0 Å². The van der Waals surface area contributed by atoms with Crippen LogP contribution >= 0.6 is 0 Å². The van der Waals surface area contributed by atoms with Gasteiger partial charge in [-0.25, -0.2) is 0 Å². The molecule has 1 amide bonds. The average Bonchev–Trinajstić information content (AvgIpc) is 2.51. The zero-order valence-corrected chi connectivity index (χ0v) is 8.29. The number of carbonyl (C=O) groups excluding carboxylic acids is 2. The van der Waals surface area contributed by atoms with Gasteiger partial charge in [0, 0.05) is 25.9 Å². The van der Waals surface area contributed by atoms with Crippen LogP contribution in [0.5, 0.6) is 0 Å². The van der Waals surface area contributed by atoms with Gasteiger partial charge in [-0.05, 0) is 18.9 Å². The lowest BCUT2D eigenvalue weighted by atomic mass is 10.0. The molecule has 4 heteroatoms. The molecule has 4 nitrogen and oxygen atoms in total. The number of hydrogen-bond donors (Lipinski definition) is 1. The molecule has 0 radical (unpaired) electrons. The lowest BCUT2D eigenvalue weighted by molar-refractivity contribution is -0.122. The first-order chi connectivity index (χ1) is 6.74. The molecule has 1 atom stereocenters. The molecule has 1 N–H and O–H groups in total. The number of hydrogen-bond acceptors (Lipinski definition) is 3. The van der Waals surface area contributed by atoms with Crippen LogP contribution < -0.4 is 5.32 Å². The van der Waals surface area contributed by atoms with Crippen molar-refractivity contribution >= 4 is 11.7 Å². The fraction of sp³-hybridized carbons (Fsp3) is 0.800. The van der Waals surface area contributed by atoms with Gasteiger partial charge in [-0.1, -0.05) is 0 Å². The zero-order chi connectivity index (χ0) is 9.97. The second-order valence-electron chi connectivity index (χ2n) is 4.25. The third kappa shape index (κ3) is 2.32. The number of carbonyl (C=O) groups is 2. The van der Waals surface area contributed by atoms with E-state index < -0.39 is 0 Å². The lowest BCUT2D eigenvalue weighted by Crippen LogP contribution is -2.39. The summed E-state index contributed by atoms with van der Waals surface area (Å²) in [7, 11) is 0. The molecule has 14 heavy (non-hydrogen) atoms. The minimum atomic E-state index is 0.151. The van der Waals surface area contributed by atoms with Crippen molar-refractivity contribution in [2.24, 2.45) is 5.92 Å². The fourth-order valence-electron chi connectivity index (χ4n) is 2.22. The molecule has 0 aromatic heterocycles. The largest absolute Gasteiger partial charge is 0.356 e. The Kier molecular flexibility index (Phi) is 2.82. The predicted octanol–water partition coefficient (Wildman–Crippen LogP) is -0.213. The van der Waals surface area contributed by atoms with Gasteiger partial charge in [0.2, 0.25) is 5.91 Å². The Labute approximate surface area is 83.6 Å². The Hall–Kier alpha value is -0.900. The molecule has 1 unspecified atom stereocenters. The van der Waals surface area contributed by atoms with Gasteiger partial charge in [-0.15, -0.1) is 0 Å². The van der Waals surface area contributed by atoms with E-state index in [2.05, 4.69) is 10.2 Å². The van der Waals surface area contributed by atoms with Crippen LogP contribution in [0.15, 0.2) is 0 Å². The number of piperidine rings is 1. The van der Waals surface area contributed by atoms with Crippen molar-refractivity contribution in [3.63, 3.8) is 0 Å². The summed E-state index contributed by atoms with van der Waals surface area (Å²) in [6, 6.07) is 0.